The van der Waals surface area contributed by atoms with Crippen molar-refractivity contribution < 1.29 is 19.4 Å². The summed E-state index contributed by atoms with van der Waals surface area (Å²) >= 11 is 6.79. The molecule has 1 aromatic heterocycles. The first-order valence-electron chi connectivity index (χ1n) is 13.2. The van der Waals surface area contributed by atoms with E-state index < -0.39 is 5.97 Å². The Balaban J connectivity index is 1.64. The summed E-state index contributed by atoms with van der Waals surface area (Å²) in [4.78, 5) is 40.9. The minimum atomic E-state index is -0.732. The van der Waals surface area contributed by atoms with Crippen LogP contribution in [0.2, 0.25) is 0 Å². The molecule has 1 amide bonds. The van der Waals surface area contributed by atoms with Gasteiger partial charge in [-0.2, -0.15) is 5.26 Å². The largest absolute Gasteiger partial charge is 0.481 e. The van der Waals surface area contributed by atoms with E-state index in [1.54, 1.807) is 24.9 Å². The fraction of sp³-hybridized carbons (Fsp3) is 0.593. The molecule has 9 nitrogen and oxygen atoms in total. The number of thioether (sulfide) groups is 1. The summed E-state index contributed by atoms with van der Waals surface area (Å²) < 4.78 is 7.50. The molecular formula is C27H36N4O5S2. The molecule has 2 aliphatic heterocycles. The first kappa shape index (κ1) is 29.9. The van der Waals surface area contributed by atoms with Crippen molar-refractivity contribution in [1.82, 2.24) is 9.47 Å². The maximum absolute atomic E-state index is 13.3. The fourth-order valence-electron chi connectivity index (χ4n) is 4.80. The molecule has 2 saturated heterocycles. The number of hydrogen-bond donors (Lipinski definition) is 1. The zero-order chi connectivity index (χ0) is 27.7. The molecule has 0 atom stereocenters. The van der Waals surface area contributed by atoms with Gasteiger partial charge in [0, 0.05) is 38.7 Å². The Kier molecular flexibility index (Phi) is 11.4. The van der Waals surface area contributed by atoms with Gasteiger partial charge < -0.3 is 14.7 Å². The molecule has 3 heterocycles. The number of morpholine rings is 1. The predicted octanol–water partition coefficient (Wildman–Crippen LogP) is 4.20. The van der Waals surface area contributed by atoms with Gasteiger partial charge in [0.15, 0.2) is 0 Å². The molecule has 2 aliphatic rings. The first-order chi connectivity index (χ1) is 18.3. The van der Waals surface area contributed by atoms with Gasteiger partial charge in [-0.3, -0.25) is 23.9 Å². The van der Waals surface area contributed by atoms with E-state index in [1.807, 2.05) is 6.07 Å². The molecule has 0 spiro atoms. The fourth-order valence-corrected chi connectivity index (χ4v) is 6.09. The van der Waals surface area contributed by atoms with Crippen LogP contribution in [0.25, 0.3) is 6.08 Å². The molecule has 0 aromatic carbocycles. The van der Waals surface area contributed by atoms with Crippen molar-refractivity contribution >= 4 is 52.1 Å². The highest BCUT2D eigenvalue weighted by atomic mass is 32.2. The highest BCUT2D eigenvalue weighted by Gasteiger charge is 2.33. The summed E-state index contributed by atoms with van der Waals surface area (Å²) in [6.45, 7) is 4.62. The quantitative estimate of drug-likeness (QED) is 0.215. The number of hydrogen-bond acceptors (Lipinski definition) is 8. The summed E-state index contributed by atoms with van der Waals surface area (Å²) in [6.07, 6.45) is 9.89. The van der Waals surface area contributed by atoms with Crippen molar-refractivity contribution in [2.75, 3.05) is 37.7 Å². The van der Waals surface area contributed by atoms with Crippen molar-refractivity contribution in [3.8, 4) is 6.07 Å². The van der Waals surface area contributed by atoms with Gasteiger partial charge in [0.2, 0.25) is 0 Å². The van der Waals surface area contributed by atoms with Crippen LogP contribution in [0, 0.1) is 18.3 Å². The molecule has 1 aromatic rings. The minimum Gasteiger partial charge on any atom is -0.481 e. The number of unbranched alkanes of at least 4 members (excludes halogenated alkanes) is 7. The van der Waals surface area contributed by atoms with Gasteiger partial charge in [-0.1, -0.05) is 62.5 Å². The Labute approximate surface area is 233 Å². The summed E-state index contributed by atoms with van der Waals surface area (Å²) in [5, 5.41) is 18.3. The number of nitriles is 1. The maximum Gasteiger partial charge on any atom is 0.303 e. The molecule has 0 aliphatic carbocycles. The molecule has 1 N–H and O–H groups in total. The standard InChI is InChI=1S/C27H36N4O5S2/c1-19-20(24(30-13-15-36-16-14-30)29(2)25(34)21(19)18-28)17-22-26(35)31(27(37)38-22)12-10-8-6-4-3-5-7-9-11-23(32)33/h17H,3-16H2,1-2H3,(H,32,33)/b22-17+. The Hall–Kier alpha value is -2.68. The van der Waals surface area contributed by atoms with E-state index in [-0.39, 0.29) is 23.5 Å². The van der Waals surface area contributed by atoms with Crippen LogP contribution in [0.5, 0.6) is 0 Å². The Morgan fingerprint density at radius 2 is 1.71 bits per heavy atom. The Morgan fingerprint density at radius 1 is 1.11 bits per heavy atom. The third kappa shape index (κ3) is 7.46. The molecule has 3 rings (SSSR count). The predicted molar refractivity (Wildman–Crippen MR) is 153 cm³/mol. The molecule has 0 saturated carbocycles. The highest BCUT2D eigenvalue weighted by Crippen LogP contribution is 2.36. The van der Waals surface area contributed by atoms with Crippen LogP contribution in [-0.4, -0.2) is 63.6 Å². The van der Waals surface area contributed by atoms with E-state index in [0.29, 0.717) is 59.0 Å². The zero-order valence-corrected chi connectivity index (χ0v) is 23.8. The average molecular weight is 561 g/mol. The van der Waals surface area contributed by atoms with Crippen molar-refractivity contribution in [3.05, 3.63) is 31.9 Å². The van der Waals surface area contributed by atoms with Crippen molar-refractivity contribution in [2.45, 2.75) is 64.7 Å². The molecule has 2 fully saturated rings. The average Bonchev–Trinajstić information content (AvgIpc) is 3.16. The van der Waals surface area contributed by atoms with Crippen LogP contribution >= 0.6 is 24.0 Å². The number of thiocarbonyl (C=S) groups is 1. The van der Waals surface area contributed by atoms with Gasteiger partial charge in [-0.05, 0) is 31.4 Å². The molecule has 11 heteroatoms. The van der Waals surface area contributed by atoms with Gasteiger partial charge in [0.05, 0.1) is 18.1 Å². The van der Waals surface area contributed by atoms with Crippen LogP contribution in [0.4, 0.5) is 5.82 Å². The van der Waals surface area contributed by atoms with Crippen LogP contribution in [0.15, 0.2) is 9.70 Å². The van der Waals surface area contributed by atoms with E-state index in [2.05, 4.69) is 4.90 Å². The number of carboxylic acid groups (broad SMARTS) is 1. The van der Waals surface area contributed by atoms with E-state index in [0.717, 1.165) is 51.4 Å². The number of carboxylic acids is 1. The van der Waals surface area contributed by atoms with Crippen LogP contribution in [0.1, 0.15) is 74.5 Å². The van der Waals surface area contributed by atoms with Gasteiger partial charge in [0.25, 0.3) is 11.5 Å². The number of aromatic nitrogens is 1. The second-order valence-corrected chi connectivity index (χ2v) is 11.3. The molecule has 38 heavy (non-hydrogen) atoms. The lowest BCUT2D eigenvalue weighted by molar-refractivity contribution is -0.137. The smallest absolute Gasteiger partial charge is 0.303 e. The number of amides is 1. The van der Waals surface area contributed by atoms with Gasteiger partial charge in [0.1, 0.15) is 21.8 Å². The second kappa shape index (κ2) is 14.5. The summed E-state index contributed by atoms with van der Waals surface area (Å²) in [6, 6.07) is 2.03. The number of carbonyl (C=O) groups is 2. The summed E-state index contributed by atoms with van der Waals surface area (Å²) in [5.74, 6) is -0.189. The number of nitrogens with zero attached hydrogens (tertiary/aromatic N) is 4. The van der Waals surface area contributed by atoms with Crippen molar-refractivity contribution in [3.63, 3.8) is 0 Å². The number of anilines is 1. The lowest BCUT2D eigenvalue weighted by Gasteiger charge is -2.32. The second-order valence-electron chi connectivity index (χ2n) is 9.62. The summed E-state index contributed by atoms with van der Waals surface area (Å²) in [5.41, 5.74) is 0.976. The van der Waals surface area contributed by atoms with Crippen LogP contribution in [0.3, 0.4) is 0 Å². The zero-order valence-electron chi connectivity index (χ0n) is 22.2. The Morgan fingerprint density at radius 3 is 2.32 bits per heavy atom. The van der Waals surface area contributed by atoms with E-state index >= 15 is 0 Å². The molecule has 206 valence electrons. The van der Waals surface area contributed by atoms with Crippen LogP contribution < -0.4 is 10.5 Å². The molecule has 0 unspecified atom stereocenters. The van der Waals surface area contributed by atoms with Crippen molar-refractivity contribution in [2.24, 2.45) is 7.05 Å². The lowest BCUT2D eigenvalue weighted by Crippen LogP contribution is -2.40. The normalized spacial score (nSPS) is 16.9. The van der Waals surface area contributed by atoms with E-state index in [9.17, 15) is 19.6 Å². The number of aliphatic carboxylic acids is 1. The number of ether oxygens (including phenoxy) is 1. The first-order valence-corrected chi connectivity index (χ1v) is 14.4. The monoisotopic (exact) mass is 560 g/mol. The molecule has 0 radical (unpaired) electrons. The molecular weight excluding hydrogens is 524 g/mol. The maximum atomic E-state index is 13.3. The number of pyridine rings is 1. The van der Waals surface area contributed by atoms with Crippen molar-refractivity contribution in [1.29, 1.82) is 5.26 Å². The topological polar surface area (TPSA) is 116 Å². The third-order valence-electron chi connectivity index (χ3n) is 6.95. The number of rotatable bonds is 13. The van der Waals surface area contributed by atoms with Gasteiger partial charge >= 0.3 is 5.97 Å². The SMILES string of the molecule is Cc1c(/C=C2/SC(=S)N(CCCCCCCCCCC(=O)O)C2=O)c(N2CCOCC2)n(C)c(=O)c1C#N. The summed E-state index contributed by atoms with van der Waals surface area (Å²) in [7, 11) is 1.66. The molecule has 0 bridgehead atoms. The Bertz CT molecular complexity index is 1180. The van der Waals surface area contributed by atoms with E-state index in [1.165, 1.54) is 16.3 Å². The highest BCUT2D eigenvalue weighted by molar-refractivity contribution is 8.26. The van der Waals surface area contributed by atoms with Gasteiger partial charge in [-0.15, -0.1) is 0 Å². The minimum absolute atomic E-state index is 0.0770. The third-order valence-corrected chi connectivity index (χ3v) is 8.33. The number of carbonyl (C=O) groups excluding carboxylic acids is 1. The van der Waals surface area contributed by atoms with Gasteiger partial charge in [-0.25, -0.2) is 0 Å². The lowest BCUT2D eigenvalue weighted by atomic mass is 10.0. The van der Waals surface area contributed by atoms with E-state index in [4.69, 9.17) is 22.1 Å². The van der Waals surface area contributed by atoms with Crippen LogP contribution in [-0.2, 0) is 21.4 Å².